The van der Waals surface area contributed by atoms with E-state index in [-0.39, 0.29) is 18.4 Å². The lowest BCUT2D eigenvalue weighted by Crippen LogP contribution is -2.37. The second kappa shape index (κ2) is 7.06. The maximum atomic E-state index is 11.7. The molecule has 0 radical (unpaired) electrons. The molecular formula is C11H23NO5S. The summed E-state index contributed by atoms with van der Waals surface area (Å²) in [5, 5.41) is 11.6. The Kier molecular flexibility index (Phi) is 6.80. The Balaban J connectivity index is 4.43. The van der Waals surface area contributed by atoms with Gasteiger partial charge in [0.05, 0.1) is 5.75 Å². The van der Waals surface area contributed by atoms with Crippen molar-refractivity contribution in [2.45, 2.75) is 38.8 Å². The van der Waals surface area contributed by atoms with Crippen molar-refractivity contribution >= 4 is 15.8 Å². The second-order valence-electron chi connectivity index (χ2n) is 5.14. The zero-order chi connectivity index (χ0) is 14.4. The van der Waals surface area contributed by atoms with Gasteiger partial charge >= 0.3 is 5.97 Å². The molecule has 18 heavy (non-hydrogen) atoms. The van der Waals surface area contributed by atoms with Crippen molar-refractivity contribution < 1.29 is 23.1 Å². The van der Waals surface area contributed by atoms with E-state index >= 15 is 0 Å². The van der Waals surface area contributed by atoms with Crippen molar-refractivity contribution in [3.05, 3.63) is 0 Å². The SMILES string of the molecule is CNC(CCO)CS(=O)(=O)CC(=O)OC(C)(C)C. The number of nitrogens with one attached hydrogen (secondary N) is 1. The van der Waals surface area contributed by atoms with Crippen LogP contribution in [0.3, 0.4) is 0 Å². The van der Waals surface area contributed by atoms with Crippen molar-refractivity contribution in [2.75, 3.05) is 25.2 Å². The molecule has 1 unspecified atom stereocenters. The molecule has 0 spiro atoms. The van der Waals surface area contributed by atoms with Gasteiger partial charge in [-0.15, -0.1) is 0 Å². The van der Waals surface area contributed by atoms with Crippen LogP contribution >= 0.6 is 0 Å². The number of aliphatic hydroxyl groups is 1. The Morgan fingerprint density at radius 1 is 1.39 bits per heavy atom. The Hall–Kier alpha value is -0.660. The third kappa shape index (κ3) is 8.43. The largest absolute Gasteiger partial charge is 0.459 e. The topological polar surface area (TPSA) is 92.7 Å². The van der Waals surface area contributed by atoms with Crippen LogP contribution in [0, 0.1) is 0 Å². The molecular weight excluding hydrogens is 258 g/mol. The van der Waals surface area contributed by atoms with Gasteiger partial charge in [-0.2, -0.15) is 0 Å². The first-order valence-electron chi connectivity index (χ1n) is 5.80. The zero-order valence-electron chi connectivity index (χ0n) is 11.4. The first-order valence-corrected chi connectivity index (χ1v) is 7.62. The maximum Gasteiger partial charge on any atom is 0.321 e. The summed E-state index contributed by atoms with van der Waals surface area (Å²) in [5.74, 6) is -1.57. The lowest BCUT2D eigenvalue weighted by molar-refractivity contribution is -0.151. The van der Waals surface area contributed by atoms with E-state index in [1.165, 1.54) is 0 Å². The average Bonchev–Trinajstić information content (AvgIpc) is 2.12. The molecule has 0 saturated carbocycles. The van der Waals surface area contributed by atoms with Crippen LogP contribution in [-0.2, 0) is 19.4 Å². The summed E-state index contributed by atoms with van der Waals surface area (Å²) in [7, 11) is -1.92. The highest BCUT2D eigenvalue weighted by molar-refractivity contribution is 7.92. The number of aliphatic hydroxyl groups excluding tert-OH is 1. The molecule has 0 aromatic heterocycles. The van der Waals surface area contributed by atoms with E-state index in [2.05, 4.69) is 5.32 Å². The lowest BCUT2D eigenvalue weighted by atomic mass is 10.2. The maximum absolute atomic E-state index is 11.7. The van der Waals surface area contributed by atoms with E-state index in [4.69, 9.17) is 9.84 Å². The molecule has 0 aliphatic heterocycles. The minimum Gasteiger partial charge on any atom is -0.459 e. The van der Waals surface area contributed by atoms with E-state index in [0.717, 1.165) is 0 Å². The minimum atomic E-state index is -3.53. The van der Waals surface area contributed by atoms with E-state index in [9.17, 15) is 13.2 Å². The van der Waals surface area contributed by atoms with Gasteiger partial charge < -0.3 is 15.2 Å². The van der Waals surface area contributed by atoms with Gasteiger partial charge in [-0.3, -0.25) is 4.79 Å². The van der Waals surface area contributed by atoms with Gasteiger partial charge in [-0.05, 0) is 34.2 Å². The number of hydrogen-bond donors (Lipinski definition) is 2. The van der Waals surface area contributed by atoms with Gasteiger partial charge in [0.15, 0.2) is 9.84 Å². The molecule has 0 fully saturated rings. The van der Waals surface area contributed by atoms with Gasteiger partial charge in [0.25, 0.3) is 0 Å². The highest BCUT2D eigenvalue weighted by Gasteiger charge is 2.25. The van der Waals surface area contributed by atoms with Crippen LogP contribution in [0.5, 0.6) is 0 Å². The summed E-state index contributed by atoms with van der Waals surface area (Å²) in [5.41, 5.74) is -0.694. The van der Waals surface area contributed by atoms with Crippen LogP contribution in [0.15, 0.2) is 0 Å². The van der Waals surface area contributed by atoms with Crippen LogP contribution in [0.1, 0.15) is 27.2 Å². The van der Waals surface area contributed by atoms with Gasteiger partial charge in [0.1, 0.15) is 11.4 Å². The molecule has 6 nitrogen and oxygen atoms in total. The highest BCUT2D eigenvalue weighted by Crippen LogP contribution is 2.08. The summed E-state index contributed by atoms with van der Waals surface area (Å²) in [6.07, 6.45) is 0.323. The fourth-order valence-electron chi connectivity index (χ4n) is 1.38. The van der Waals surface area contributed by atoms with Crippen LogP contribution in [-0.4, -0.2) is 56.3 Å². The fourth-order valence-corrected chi connectivity index (χ4v) is 2.87. The first-order chi connectivity index (χ1) is 8.09. The Morgan fingerprint density at radius 3 is 2.33 bits per heavy atom. The van der Waals surface area contributed by atoms with Gasteiger partial charge in [-0.1, -0.05) is 0 Å². The predicted molar refractivity (Wildman–Crippen MR) is 69.0 cm³/mol. The number of sulfone groups is 1. The van der Waals surface area contributed by atoms with E-state index in [0.29, 0.717) is 6.42 Å². The Morgan fingerprint density at radius 2 is 1.94 bits per heavy atom. The fraction of sp³-hybridized carbons (Fsp3) is 0.909. The molecule has 0 bridgehead atoms. The molecule has 0 amide bonds. The van der Waals surface area contributed by atoms with Crippen LogP contribution < -0.4 is 5.32 Å². The quantitative estimate of drug-likeness (QED) is 0.623. The summed E-state index contributed by atoms with van der Waals surface area (Å²) in [6.45, 7) is 4.94. The molecule has 0 aliphatic carbocycles. The number of esters is 1. The predicted octanol–water partition coefficient (Wildman–Crippen LogP) is -0.287. The molecule has 1 atom stereocenters. The smallest absolute Gasteiger partial charge is 0.321 e. The molecule has 0 heterocycles. The van der Waals surface area contributed by atoms with E-state index in [1.807, 2.05) is 0 Å². The number of ether oxygens (including phenoxy) is 1. The summed E-state index contributed by atoms with van der Waals surface area (Å²) in [6, 6.07) is -0.359. The summed E-state index contributed by atoms with van der Waals surface area (Å²) >= 11 is 0. The van der Waals surface area contributed by atoms with Crippen molar-refractivity contribution in [2.24, 2.45) is 0 Å². The summed E-state index contributed by atoms with van der Waals surface area (Å²) in [4.78, 5) is 11.4. The van der Waals surface area contributed by atoms with Crippen molar-refractivity contribution in [3.8, 4) is 0 Å². The van der Waals surface area contributed by atoms with Crippen LogP contribution in [0.4, 0.5) is 0 Å². The monoisotopic (exact) mass is 281 g/mol. The van der Waals surface area contributed by atoms with Gasteiger partial charge in [-0.25, -0.2) is 8.42 Å². The Labute approximate surface area is 109 Å². The molecule has 2 N–H and O–H groups in total. The number of hydrogen-bond acceptors (Lipinski definition) is 6. The lowest BCUT2D eigenvalue weighted by Gasteiger charge is -2.20. The molecule has 0 rings (SSSR count). The number of carbonyl (C=O) groups is 1. The number of rotatable bonds is 7. The number of carbonyl (C=O) groups excluding carboxylic acids is 1. The van der Waals surface area contributed by atoms with Gasteiger partial charge in [0, 0.05) is 12.6 Å². The molecule has 108 valence electrons. The first kappa shape index (κ1) is 17.3. The molecule has 0 saturated heterocycles. The minimum absolute atomic E-state index is 0.104. The van der Waals surface area contributed by atoms with Gasteiger partial charge in [0.2, 0.25) is 0 Å². The Bertz CT molecular complexity index is 358. The normalized spacial score (nSPS) is 14.3. The van der Waals surface area contributed by atoms with Crippen LogP contribution in [0.25, 0.3) is 0 Å². The molecule has 0 aliphatic rings. The highest BCUT2D eigenvalue weighted by atomic mass is 32.2. The average molecular weight is 281 g/mol. The van der Waals surface area contributed by atoms with E-state index < -0.39 is 27.2 Å². The van der Waals surface area contributed by atoms with Crippen molar-refractivity contribution in [1.29, 1.82) is 0 Å². The third-order valence-corrected chi connectivity index (χ3v) is 3.68. The zero-order valence-corrected chi connectivity index (χ0v) is 12.2. The second-order valence-corrected chi connectivity index (χ2v) is 7.25. The standard InChI is InChI=1S/C11H23NO5S/c1-11(2,3)17-10(14)8-18(15,16)7-9(12-4)5-6-13/h9,12-13H,5-8H2,1-4H3. The molecule has 0 aromatic rings. The van der Waals surface area contributed by atoms with Crippen molar-refractivity contribution in [3.63, 3.8) is 0 Å². The third-order valence-electron chi connectivity index (χ3n) is 2.10. The summed E-state index contributed by atoms with van der Waals surface area (Å²) < 4.78 is 28.5. The van der Waals surface area contributed by atoms with Crippen molar-refractivity contribution in [1.82, 2.24) is 5.32 Å². The van der Waals surface area contributed by atoms with E-state index in [1.54, 1.807) is 27.8 Å². The van der Waals surface area contributed by atoms with Crippen LogP contribution in [0.2, 0.25) is 0 Å². The molecule has 0 aromatic carbocycles. The molecule has 7 heteroatoms.